The second-order valence-corrected chi connectivity index (χ2v) is 10.6. The summed E-state index contributed by atoms with van der Waals surface area (Å²) in [6.07, 6.45) is -5.28. The van der Waals surface area contributed by atoms with E-state index >= 15 is 0 Å². The summed E-state index contributed by atoms with van der Waals surface area (Å²) in [4.78, 5) is 45.2. The summed E-state index contributed by atoms with van der Waals surface area (Å²) in [6.45, 7) is 9.67. The van der Waals surface area contributed by atoms with Crippen LogP contribution in [-0.2, 0) is 23.8 Å². The van der Waals surface area contributed by atoms with Crippen molar-refractivity contribution in [2.45, 2.75) is 101 Å². The first-order chi connectivity index (χ1) is 15.5. The normalized spacial score (nSPS) is 19.8. The Kier molecular flexibility index (Phi) is 12.1. The third-order valence-corrected chi connectivity index (χ3v) is 4.71. The van der Waals surface area contributed by atoms with Gasteiger partial charge in [-0.3, -0.25) is 0 Å². The fraction of sp³-hybridized carbons (Fsp3) is 0.810. The van der Waals surface area contributed by atoms with Gasteiger partial charge in [-0.2, -0.15) is 0 Å². The maximum Gasteiger partial charge on any atom is 1.00 e. The van der Waals surface area contributed by atoms with Crippen molar-refractivity contribution in [3.8, 4) is 0 Å². The van der Waals surface area contributed by atoms with Gasteiger partial charge in [-0.05, 0) is 41.5 Å². The molecular weight excluding hydrogens is 507 g/mol. The Balaban J connectivity index is 0. The topological polar surface area (TPSA) is 170 Å². The summed E-state index contributed by atoms with van der Waals surface area (Å²) in [5.74, 6) is -8.38. The van der Waals surface area contributed by atoms with Gasteiger partial charge in [-0.1, -0.05) is 0 Å². The van der Waals surface area contributed by atoms with Gasteiger partial charge in [0.2, 0.25) is 0 Å². The SMILES string of the molecule is CC(C)(C)OC(=O)NC1(C(=O)O)CC(F)(F)C1.COC(=O)C1(NC(=O)OC(C)(C)C)CC(F)(F)C1.[Li+].[OH-]. The number of methoxy groups -OCH3 is 1. The van der Waals surface area contributed by atoms with E-state index in [4.69, 9.17) is 14.6 Å². The fourth-order valence-corrected chi connectivity index (χ4v) is 3.43. The molecule has 0 radical (unpaired) electrons. The summed E-state index contributed by atoms with van der Waals surface area (Å²) in [5, 5.41) is 13.0. The second kappa shape index (κ2) is 12.1. The maximum atomic E-state index is 12.9. The predicted octanol–water partition coefficient (Wildman–Crippen LogP) is 0.443. The Labute approximate surface area is 223 Å². The summed E-state index contributed by atoms with van der Waals surface area (Å²) >= 11 is 0. The molecule has 0 aromatic carbocycles. The van der Waals surface area contributed by atoms with Gasteiger partial charge in [0.1, 0.15) is 11.2 Å². The van der Waals surface area contributed by atoms with Crippen LogP contribution in [-0.4, -0.2) is 75.9 Å². The number of alkyl halides is 4. The van der Waals surface area contributed by atoms with Crippen molar-refractivity contribution < 1.29 is 80.4 Å². The third kappa shape index (κ3) is 11.0. The van der Waals surface area contributed by atoms with Crippen LogP contribution < -0.4 is 29.5 Å². The van der Waals surface area contributed by atoms with Crippen LogP contribution in [0.4, 0.5) is 27.2 Å². The van der Waals surface area contributed by atoms with Crippen LogP contribution >= 0.6 is 0 Å². The van der Waals surface area contributed by atoms with E-state index in [1.165, 1.54) is 0 Å². The zero-order valence-electron chi connectivity index (χ0n) is 22.1. The average molecular weight is 540 g/mol. The van der Waals surface area contributed by atoms with Crippen LogP contribution in [0.1, 0.15) is 67.2 Å². The molecule has 210 valence electrons. The van der Waals surface area contributed by atoms with Crippen LogP contribution in [0.2, 0.25) is 0 Å². The Hall–Kier alpha value is -2.24. The van der Waals surface area contributed by atoms with E-state index < -0.39 is 83.9 Å². The smallest absolute Gasteiger partial charge is 0.870 e. The van der Waals surface area contributed by atoms with Crippen molar-refractivity contribution in [3.05, 3.63) is 0 Å². The summed E-state index contributed by atoms with van der Waals surface area (Å²) in [6, 6.07) is 0. The van der Waals surface area contributed by atoms with E-state index in [0.717, 1.165) is 7.11 Å². The van der Waals surface area contributed by atoms with E-state index in [2.05, 4.69) is 10.1 Å². The van der Waals surface area contributed by atoms with Crippen LogP contribution in [0.15, 0.2) is 0 Å². The minimum absolute atomic E-state index is 0. The molecule has 2 rings (SSSR count). The minimum Gasteiger partial charge on any atom is -0.870 e. The molecule has 2 amide bonds. The van der Waals surface area contributed by atoms with Gasteiger partial charge in [-0.15, -0.1) is 0 Å². The number of alkyl carbamates (subject to hydrolysis) is 2. The predicted molar refractivity (Wildman–Crippen MR) is 114 cm³/mol. The van der Waals surface area contributed by atoms with Gasteiger partial charge in [0.05, 0.1) is 7.11 Å². The third-order valence-electron chi connectivity index (χ3n) is 4.71. The number of aliphatic carboxylic acids is 1. The number of nitrogens with one attached hydrogen (secondary N) is 2. The van der Waals surface area contributed by atoms with Crippen molar-refractivity contribution in [3.63, 3.8) is 0 Å². The zero-order chi connectivity index (χ0) is 27.7. The molecule has 0 atom stereocenters. The molecule has 0 spiro atoms. The van der Waals surface area contributed by atoms with E-state index in [0.29, 0.717) is 0 Å². The first kappa shape index (κ1) is 36.9. The van der Waals surface area contributed by atoms with E-state index in [1.807, 2.05) is 5.32 Å². The molecule has 4 N–H and O–H groups in total. The van der Waals surface area contributed by atoms with Crippen molar-refractivity contribution >= 4 is 24.1 Å². The molecule has 0 aromatic heterocycles. The number of halogens is 4. The Morgan fingerprint density at radius 3 is 1.27 bits per heavy atom. The number of carbonyl (C=O) groups excluding carboxylic acids is 3. The van der Waals surface area contributed by atoms with Crippen LogP contribution in [0, 0.1) is 0 Å². The Morgan fingerprint density at radius 2 is 1.03 bits per heavy atom. The molecule has 2 aliphatic carbocycles. The van der Waals surface area contributed by atoms with Crippen molar-refractivity contribution in [2.75, 3.05) is 7.11 Å². The van der Waals surface area contributed by atoms with Crippen LogP contribution in [0.3, 0.4) is 0 Å². The molecule has 0 aliphatic heterocycles. The monoisotopic (exact) mass is 540 g/mol. The van der Waals surface area contributed by atoms with E-state index in [1.54, 1.807) is 41.5 Å². The van der Waals surface area contributed by atoms with Gasteiger partial charge in [0.25, 0.3) is 11.8 Å². The summed E-state index contributed by atoms with van der Waals surface area (Å²) < 4.78 is 65.5. The molecule has 11 nitrogen and oxygen atoms in total. The largest absolute Gasteiger partial charge is 1.00 e. The summed E-state index contributed by atoms with van der Waals surface area (Å²) in [7, 11) is 1.08. The Bertz CT molecular complexity index is 842. The zero-order valence-corrected chi connectivity index (χ0v) is 22.1. The van der Waals surface area contributed by atoms with E-state index in [9.17, 15) is 36.7 Å². The molecule has 37 heavy (non-hydrogen) atoms. The molecule has 0 aromatic rings. The standard InChI is InChI=1S/C11H17F2NO4.C10H15F2NO4.Li.H2O/c1-9(2,3)18-8(16)14-10(7(15)17-4)5-11(12,13)6-10;1-8(2,3)17-7(16)13-9(6(14)15)4-10(11,12)5-9;;/h5-6H2,1-4H3,(H,14,16);4-5H2,1-3H3,(H,13,16)(H,14,15);;1H2/q;;+1;/p-1. The van der Waals surface area contributed by atoms with Crippen molar-refractivity contribution in [2.24, 2.45) is 0 Å². The van der Waals surface area contributed by atoms with Crippen LogP contribution in [0.5, 0.6) is 0 Å². The molecule has 0 saturated heterocycles. The van der Waals surface area contributed by atoms with Crippen molar-refractivity contribution in [1.82, 2.24) is 10.6 Å². The van der Waals surface area contributed by atoms with E-state index in [-0.39, 0.29) is 24.3 Å². The van der Waals surface area contributed by atoms with Gasteiger partial charge in [0.15, 0.2) is 11.1 Å². The molecule has 2 aliphatic rings. The molecular formula is C21H33F4LiN2O9. The van der Waals surface area contributed by atoms with Crippen molar-refractivity contribution in [1.29, 1.82) is 0 Å². The number of esters is 1. The molecule has 2 fully saturated rings. The quantitative estimate of drug-likeness (QED) is 0.198. The number of carboxylic acids is 1. The van der Waals surface area contributed by atoms with Crippen LogP contribution in [0.25, 0.3) is 0 Å². The molecule has 2 saturated carbocycles. The molecule has 0 bridgehead atoms. The molecule has 0 unspecified atom stereocenters. The number of ether oxygens (including phenoxy) is 3. The number of hydrogen-bond donors (Lipinski definition) is 3. The number of rotatable bonds is 4. The van der Waals surface area contributed by atoms with Gasteiger partial charge in [-0.25, -0.2) is 36.7 Å². The average Bonchev–Trinajstić information content (AvgIpc) is 2.54. The first-order valence-corrected chi connectivity index (χ1v) is 10.6. The number of carbonyl (C=O) groups is 4. The van der Waals surface area contributed by atoms with Gasteiger partial charge >= 0.3 is 43.0 Å². The molecule has 16 heteroatoms. The molecule has 0 heterocycles. The number of carboxylic acid groups (broad SMARTS) is 1. The number of hydrogen-bond acceptors (Lipinski definition) is 8. The number of amides is 2. The fourth-order valence-electron chi connectivity index (χ4n) is 3.43. The van der Waals surface area contributed by atoms with Gasteiger partial charge in [0, 0.05) is 25.7 Å². The maximum absolute atomic E-state index is 12.9. The Morgan fingerprint density at radius 1 is 0.730 bits per heavy atom. The van der Waals surface area contributed by atoms with Gasteiger partial charge < -0.3 is 35.4 Å². The minimum atomic E-state index is -3.05. The first-order valence-electron chi connectivity index (χ1n) is 10.6. The second-order valence-electron chi connectivity index (χ2n) is 10.6. The summed E-state index contributed by atoms with van der Waals surface area (Å²) in [5.41, 5.74) is -5.17.